The summed E-state index contributed by atoms with van der Waals surface area (Å²) in [5.41, 5.74) is 1.17. The summed E-state index contributed by atoms with van der Waals surface area (Å²) in [7, 11) is 1.63. The lowest BCUT2D eigenvalue weighted by Gasteiger charge is -2.18. The average molecular weight is 330 g/mol. The fourth-order valence-electron chi connectivity index (χ4n) is 2.85. The van der Waals surface area contributed by atoms with Gasteiger partial charge in [0.1, 0.15) is 5.69 Å². The van der Waals surface area contributed by atoms with Crippen molar-refractivity contribution in [1.82, 2.24) is 24.9 Å². The molecule has 1 atom stereocenters. The van der Waals surface area contributed by atoms with E-state index >= 15 is 0 Å². The van der Waals surface area contributed by atoms with Crippen LogP contribution >= 0.6 is 0 Å². The van der Waals surface area contributed by atoms with Crippen LogP contribution in [0.3, 0.4) is 0 Å². The van der Waals surface area contributed by atoms with E-state index in [1.54, 1.807) is 36.3 Å². The molecule has 1 aliphatic rings. The Kier molecular flexibility index (Phi) is 4.64. The number of anilines is 1. The Labute approximate surface area is 140 Å². The number of aromatic nitrogens is 4. The van der Waals surface area contributed by atoms with Gasteiger partial charge in [0, 0.05) is 45.5 Å². The van der Waals surface area contributed by atoms with Gasteiger partial charge in [-0.05, 0) is 25.3 Å². The van der Waals surface area contributed by atoms with E-state index in [1.165, 1.54) is 4.68 Å². The summed E-state index contributed by atoms with van der Waals surface area (Å²) in [4.78, 5) is 25.9. The fourth-order valence-corrected chi connectivity index (χ4v) is 2.85. The van der Waals surface area contributed by atoms with Crippen molar-refractivity contribution in [3.8, 4) is 0 Å². The Morgan fingerprint density at radius 3 is 3.00 bits per heavy atom. The summed E-state index contributed by atoms with van der Waals surface area (Å²) in [6, 6.07) is 3.33. The maximum atomic E-state index is 12.1. The Hall–Kier alpha value is -2.64. The highest BCUT2D eigenvalue weighted by Gasteiger charge is 2.24. The van der Waals surface area contributed by atoms with Crippen LogP contribution in [0.2, 0.25) is 0 Å². The van der Waals surface area contributed by atoms with Gasteiger partial charge in [-0.25, -0.2) is 4.68 Å². The van der Waals surface area contributed by atoms with Crippen molar-refractivity contribution in [3.05, 3.63) is 40.6 Å². The van der Waals surface area contributed by atoms with E-state index in [0.717, 1.165) is 31.7 Å². The number of carbonyl (C=O) groups excluding carboxylic acids is 1. The molecule has 0 spiro atoms. The standard InChI is InChI=1S/C16H22N6O2/c1-3-22-7-5-14(19-22)16(24)17-9-12-4-6-21(11-12)13-8-15(23)20(2)18-10-13/h5,7-8,10,12H,3-4,6,9,11H2,1-2H3,(H,17,24)/t12-/m0/s1. The predicted octanol–water partition coefficient (Wildman–Crippen LogP) is 0.253. The lowest BCUT2D eigenvalue weighted by molar-refractivity contribution is 0.0942. The van der Waals surface area contributed by atoms with Crippen LogP contribution in [0.4, 0.5) is 5.69 Å². The molecule has 2 aromatic rings. The largest absolute Gasteiger partial charge is 0.370 e. The molecule has 3 rings (SSSR count). The molecule has 0 aliphatic carbocycles. The van der Waals surface area contributed by atoms with Crippen LogP contribution in [0.25, 0.3) is 0 Å². The first-order valence-electron chi connectivity index (χ1n) is 8.16. The molecule has 128 valence electrons. The summed E-state index contributed by atoms with van der Waals surface area (Å²) in [6.07, 6.45) is 4.48. The van der Waals surface area contributed by atoms with Crippen LogP contribution in [-0.2, 0) is 13.6 Å². The topological polar surface area (TPSA) is 85.0 Å². The van der Waals surface area contributed by atoms with E-state index in [9.17, 15) is 9.59 Å². The molecule has 0 radical (unpaired) electrons. The molecule has 1 amide bonds. The minimum absolute atomic E-state index is 0.115. The molecule has 24 heavy (non-hydrogen) atoms. The minimum atomic E-state index is -0.143. The van der Waals surface area contributed by atoms with E-state index < -0.39 is 0 Å². The molecule has 1 fully saturated rings. The smallest absolute Gasteiger partial charge is 0.271 e. The maximum absolute atomic E-state index is 12.1. The molecule has 8 heteroatoms. The second kappa shape index (κ2) is 6.86. The summed E-state index contributed by atoms with van der Waals surface area (Å²) in [6.45, 7) is 4.99. The van der Waals surface area contributed by atoms with Gasteiger partial charge in [-0.15, -0.1) is 0 Å². The van der Waals surface area contributed by atoms with E-state index in [-0.39, 0.29) is 11.5 Å². The van der Waals surface area contributed by atoms with Crippen molar-refractivity contribution in [1.29, 1.82) is 0 Å². The first-order chi connectivity index (χ1) is 11.6. The number of rotatable bonds is 5. The van der Waals surface area contributed by atoms with E-state index in [0.29, 0.717) is 18.2 Å². The summed E-state index contributed by atoms with van der Waals surface area (Å²) in [5, 5.41) is 11.2. The van der Waals surface area contributed by atoms with Crippen molar-refractivity contribution in [2.75, 3.05) is 24.5 Å². The minimum Gasteiger partial charge on any atom is -0.370 e. The summed E-state index contributed by atoms with van der Waals surface area (Å²) < 4.78 is 3.04. The molecular weight excluding hydrogens is 308 g/mol. The van der Waals surface area contributed by atoms with E-state index in [1.807, 2.05) is 6.92 Å². The Morgan fingerprint density at radius 2 is 2.29 bits per heavy atom. The Bertz CT molecular complexity index is 781. The zero-order chi connectivity index (χ0) is 17.1. The molecule has 0 saturated carbocycles. The molecule has 0 aromatic carbocycles. The van der Waals surface area contributed by atoms with Gasteiger partial charge in [0.05, 0.1) is 11.9 Å². The molecular formula is C16H22N6O2. The van der Waals surface area contributed by atoms with Crippen LogP contribution in [-0.4, -0.2) is 45.1 Å². The highest BCUT2D eigenvalue weighted by atomic mass is 16.2. The first kappa shape index (κ1) is 16.2. The quantitative estimate of drug-likeness (QED) is 0.850. The zero-order valence-corrected chi connectivity index (χ0v) is 14.0. The summed E-state index contributed by atoms with van der Waals surface area (Å²) in [5.74, 6) is 0.210. The van der Waals surface area contributed by atoms with Crippen LogP contribution in [0.1, 0.15) is 23.8 Å². The number of nitrogens with zero attached hydrogens (tertiary/aromatic N) is 5. The van der Waals surface area contributed by atoms with Gasteiger partial charge in [-0.3, -0.25) is 14.3 Å². The van der Waals surface area contributed by atoms with Gasteiger partial charge in [-0.2, -0.15) is 10.2 Å². The van der Waals surface area contributed by atoms with Crippen molar-refractivity contribution >= 4 is 11.6 Å². The SMILES string of the molecule is CCn1ccc(C(=O)NC[C@@H]2CCN(c3cnn(C)c(=O)c3)C2)n1. The van der Waals surface area contributed by atoms with Crippen LogP contribution in [0, 0.1) is 5.92 Å². The van der Waals surface area contributed by atoms with Gasteiger partial charge in [0.25, 0.3) is 11.5 Å². The normalized spacial score (nSPS) is 17.2. The van der Waals surface area contributed by atoms with E-state index in [2.05, 4.69) is 20.4 Å². The highest BCUT2D eigenvalue weighted by Crippen LogP contribution is 2.21. The Morgan fingerprint density at radius 1 is 1.46 bits per heavy atom. The lowest BCUT2D eigenvalue weighted by Crippen LogP contribution is -2.31. The van der Waals surface area contributed by atoms with Crippen molar-refractivity contribution in [2.45, 2.75) is 19.9 Å². The zero-order valence-electron chi connectivity index (χ0n) is 14.0. The second-order valence-corrected chi connectivity index (χ2v) is 6.04. The molecule has 1 aliphatic heterocycles. The van der Waals surface area contributed by atoms with Gasteiger partial charge in [-0.1, -0.05) is 0 Å². The summed E-state index contributed by atoms with van der Waals surface area (Å²) >= 11 is 0. The van der Waals surface area contributed by atoms with Crippen LogP contribution < -0.4 is 15.8 Å². The van der Waals surface area contributed by atoms with Crippen LogP contribution in [0.5, 0.6) is 0 Å². The number of amides is 1. The van der Waals surface area contributed by atoms with Gasteiger partial charge in [0.15, 0.2) is 0 Å². The van der Waals surface area contributed by atoms with Crippen molar-refractivity contribution < 1.29 is 4.79 Å². The molecule has 0 unspecified atom stereocenters. The van der Waals surface area contributed by atoms with Crippen LogP contribution in [0.15, 0.2) is 29.3 Å². The van der Waals surface area contributed by atoms with Crippen molar-refractivity contribution in [2.24, 2.45) is 13.0 Å². The lowest BCUT2D eigenvalue weighted by atomic mass is 10.1. The second-order valence-electron chi connectivity index (χ2n) is 6.04. The third-order valence-electron chi connectivity index (χ3n) is 4.35. The third-order valence-corrected chi connectivity index (χ3v) is 4.35. The molecule has 1 N–H and O–H groups in total. The maximum Gasteiger partial charge on any atom is 0.271 e. The predicted molar refractivity (Wildman–Crippen MR) is 90.0 cm³/mol. The number of hydrogen-bond acceptors (Lipinski definition) is 5. The number of nitrogens with one attached hydrogen (secondary N) is 1. The molecule has 0 bridgehead atoms. The van der Waals surface area contributed by atoms with Gasteiger partial charge >= 0.3 is 0 Å². The molecule has 3 heterocycles. The first-order valence-corrected chi connectivity index (χ1v) is 8.16. The average Bonchev–Trinajstić information content (AvgIpc) is 3.24. The van der Waals surface area contributed by atoms with Crippen molar-refractivity contribution in [3.63, 3.8) is 0 Å². The molecule has 2 aromatic heterocycles. The van der Waals surface area contributed by atoms with E-state index in [4.69, 9.17) is 0 Å². The van der Waals surface area contributed by atoms with Gasteiger partial charge < -0.3 is 10.2 Å². The number of aryl methyl sites for hydroxylation is 2. The number of hydrogen-bond donors (Lipinski definition) is 1. The third kappa shape index (κ3) is 3.47. The molecule has 1 saturated heterocycles. The highest BCUT2D eigenvalue weighted by molar-refractivity contribution is 5.92. The fraction of sp³-hybridized carbons (Fsp3) is 0.500. The molecule has 8 nitrogen and oxygen atoms in total. The Balaban J connectivity index is 1.53. The monoisotopic (exact) mass is 330 g/mol. The van der Waals surface area contributed by atoms with Gasteiger partial charge in [0.2, 0.25) is 0 Å². The number of carbonyl (C=O) groups is 1.